The summed E-state index contributed by atoms with van der Waals surface area (Å²) in [7, 11) is -0.363. The maximum atomic E-state index is 13.5. The van der Waals surface area contributed by atoms with Gasteiger partial charge in [-0.25, -0.2) is 13.2 Å². The minimum absolute atomic E-state index is 0.363. The van der Waals surface area contributed by atoms with E-state index in [1.165, 1.54) is 56.9 Å². The second-order valence-electron chi connectivity index (χ2n) is 10.3. The Kier molecular flexibility index (Phi) is 8.15. The van der Waals surface area contributed by atoms with Gasteiger partial charge in [-0.15, -0.1) is 0 Å². The van der Waals surface area contributed by atoms with E-state index in [2.05, 4.69) is 6.92 Å². The fourth-order valence-electron chi connectivity index (χ4n) is 6.26. The van der Waals surface area contributed by atoms with Crippen molar-refractivity contribution in [3.63, 3.8) is 0 Å². The van der Waals surface area contributed by atoms with Crippen LogP contribution >= 0.6 is 0 Å². The highest BCUT2D eigenvalue weighted by Crippen LogP contribution is 2.42. The number of rotatable bonds is 7. The number of aryl methyl sites for hydroxylation is 1. The van der Waals surface area contributed by atoms with E-state index in [0.29, 0.717) is 11.1 Å². The summed E-state index contributed by atoms with van der Waals surface area (Å²) in [6, 6.07) is 14.7. The molecule has 0 spiro atoms. The molecule has 1 aliphatic heterocycles. The van der Waals surface area contributed by atoms with E-state index >= 15 is 0 Å². The molecule has 0 amide bonds. The van der Waals surface area contributed by atoms with E-state index in [9.17, 15) is 13.2 Å². The van der Waals surface area contributed by atoms with Gasteiger partial charge in [0, 0.05) is 8.80 Å². The summed E-state index contributed by atoms with van der Waals surface area (Å²) in [4.78, 5) is 0. The predicted molar refractivity (Wildman–Crippen MR) is 130 cm³/mol. The topological polar surface area (TPSA) is 0 Å². The number of hydrogen-bond donors (Lipinski definition) is 0. The average Bonchev–Trinajstić information content (AvgIpc) is 2.82. The lowest BCUT2D eigenvalue weighted by Crippen LogP contribution is -2.28. The highest BCUT2D eigenvalue weighted by Gasteiger charge is 2.30. The third-order valence-electron chi connectivity index (χ3n) is 8.26. The zero-order chi connectivity index (χ0) is 22.5. The van der Waals surface area contributed by atoms with Gasteiger partial charge in [0.1, 0.15) is 0 Å². The Hall–Kier alpha value is -1.55. The minimum atomic E-state index is -1.41. The van der Waals surface area contributed by atoms with Gasteiger partial charge < -0.3 is 0 Å². The standard InChI is InChI=1S/C28H37F3Si/c1-2-15-32-16-13-24(14-17-32)22-9-5-20(6-10-22)3-4-21-7-11-23(12-8-21)25-18-26(29)28(31)27(30)19-25/h7-8,11-12,18-20,22,24,32H,2-6,9-10,13-17H2,1H3/t20-,22-,24?,32?. The lowest BCUT2D eigenvalue weighted by molar-refractivity contribution is 0.186. The molecule has 2 fully saturated rings. The van der Waals surface area contributed by atoms with E-state index in [0.717, 1.165) is 36.3 Å². The van der Waals surface area contributed by atoms with Crippen LogP contribution in [-0.2, 0) is 6.42 Å². The lowest BCUT2D eigenvalue weighted by atomic mass is 9.73. The molecule has 0 nitrogen and oxygen atoms in total. The van der Waals surface area contributed by atoms with Gasteiger partial charge in [0.15, 0.2) is 17.5 Å². The molecular weight excluding hydrogens is 421 g/mol. The molecule has 2 aromatic rings. The van der Waals surface area contributed by atoms with Crippen molar-refractivity contribution in [1.82, 2.24) is 0 Å². The molecule has 174 valence electrons. The van der Waals surface area contributed by atoms with Crippen LogP contribution in [0.4, 0.5) is 13.2 Å². The molecule has 0 aromatic heterocycles. The SMILES string of the molecule is CCC[SiH]1CCC([C@H]2CC[C@H](CCc3ccc(-c4cc(F)c(F)c(F)c4)cc3)CC2)CC1. The average molecular weight is 459 g/mol. The highest BCUT2D eigenvalue weighted by molar-refractivity contribution is 6.58. The van der Waals surface area contributed by atoms with Crippen LogP contribution < -0.4 is 0 Å². The third kappa shape index (κ3) is 5.87. The van der Waals surface area contributed by atoms with Crippen molar-refractivity contribution in [1.29, 1.82) is 0 Å². The Morgan fingerprint density at radius 2 is 1.38 bits per heavy atom. The first kappa shape index (κ1) is 23.6. The Morgan fingerprint density at radius 1 is 0.781 bits per heavy atom. The van der Waals surface area contributed by atoms with Crippen LogP contribution in [0.15, 0.2) is 36.4 Å². The van der Waals surface area contributed by atoms with Gasteiger partial charge >= 0.3 is 0 Å². The maximum Gasteiger partial charge on any atom is 0.194 e. The molecular formula is C28H37F3Si. The molecule has 2 aromatic carbocycles. The van der Waals surface area contributed by atoms with Crippen LogP contribution in [0, 0.1) is 35.2 Å². The molecule has 0 unspecified atom stereocenters. The summed E-state index contributed by atoms with van der Waals surface area (Å²) in [5.41, 5.74) is 2.35. The summed E-state index contributed by atoms with van der Waals surface area (Å²) in [6.45, 7) is 2.35. The maximum absolute atomic E-state index is 13.5. The Bertz CT molecular complexity index is 840. The normalized spacial score (nSPS) is 26.2. The van der Waals surface area contributed by atoms with Gasteiger partial charge in [-0.3, -0.25) is 0 Å². The second-order valence-corrected chi connectivity index (χ2v) is 13.8. The monoisotopic (exact) mass is 458 g/mol. The number of benzene rings is 2. The van der Waals surface area contributed by atoms with Crippen molar-refractivity contribution < 1.29 is 13.2 Å². The van der Waals surface area contributed by atoms with Gasteiger partial charge in [-0.1, -0.05) is 81.4 Å². The van der Waals surface area contributed by atoms with E-state index < -0.39 is 17.5 Å². The Balaban J connectivity index is 1.22. The quantitative estimate of drug-likeness (QED) is 0.288. The van der Waals surface area contributed by atoms with Crippen molar-refractivity contribution in [2.45, 2.75) is 82.8 Å². The molecule has 4 rings (SSSR count). The summed E-state index contributed by atoms with van der Waals surface area (Å²) < 4.78 is 40.2. The van der Waals surface area contributed by atoms with Gasteiger partial charge in [-0.05, 0) is 72.3 Å². The third-order valence-corrected chi connectivity index (χ3v) is 12.0. The van der Waals surface area contributed by atoms with E-state index in [1.54, 1.807) is 18.1 Å². The van der Waals surface area contributed by atoms with Crippen molar-refractivity contribution in [3.8, 4) is 11.1 Å². The van der Waals surface area contributed by atoms with Crippen LogP contribution in [0.5, 0.6) is 0 Å². The first-order valence-corrected chi connectivity index (χ1v) is 15.2. The first-order chi connectivity index (χ1) is 15.5. The summed E-state index contributed by atoms with van der Waals surface area (Å²) in [5.74, 6) is -0.862. The molecule has 1 saturated heterocycles. The molecule has 0 bridgehead atoms. The van der Waals surface area contributed by atoms with Gasteiger partial charge in [0.25, 0.3) is 0 Å². The van der Waals surface area contributed by atoms with Gasteiger partial charge in [0.2, 0.25) is 0 Å². The molecule has 1 saturated carbocycles. The van der Waals surface area contributed by atoms with Crippen molar-refractivity contribution in [2.24, 2.45) is 17.8 Å². The molecule has 0 N–H and O–H groups in total. The molecule has 4 heteroatoms. The number of halogens is 3. The fourth-order valence-corrected chi connectivity index (χ4v) is 9.74. The van der Waals surface area contributed by atoms with Crippen molar-refractivity contribution in [2.75, 3.05) is 0 Å². The summed E-state index contributed by atoms with van der Waals surface area (Å²) in [5, 5.41) is 0. The molecule has 1 heterocycles. The molecule has 32 heavy (non-hydrogen) atoms. The molecule has 1 aliphatic carbocycles. The zero-order valence-corrected chi connectivity index (χ0v) is 20.5. The van der Waals surface area contributed by atoms with Gasteiger partial charge in [0.05, 0.1) is 0 Å². The van der Waals surface area contributed by atoms with Crippen LogP contribution in [0.3, 0.4) is 0 Å². The Morgan fingerprint density at radius 3 is 1.97 bits per heavy atom. The van der Waals surface area contributed by atoms with Crippen molar-refractivity contribution in [3.05, 3.63) is 59.4 Å². The summed E-state index contributed by atoms with van der Waals surface area (Å²) in [6.07, 6.45) is 12.3. The Labute approximate surface area is 193 Å². The van der Waals surface area contributed by atoms with Crippen LogP contribution in [0.1, 0.15) is 63.9 Å². The highest BCUT2D eigenvalue weighted by atomic mass is 28.3. The van der Waals surface area contributed by atoms with Crippen LogP contribution in [0.25, 0.3) is 11.1 Å². The van der Waals surface area contributed by atoms with Gasteiger partial charge in [-0.2, -0.15) is 0 Å². The van der Waals surface area contributed by atoms with E-state index in [-0.39, 0.29) is 8.80 Å². The van der Waals surface area contributed by atoms with Crippen LogP contribution in [0.2, 0.25) is 18.1 Å². The minimum Gasteiger partial charge on any atom is -0.204 e. The molecule has 0 radical (unpaired) electrons. The van der Waals surface area contributed by atoms with E-state index in [4.69, 9.17) is 0 Å². The smallest absolute Gasteiger partial charge is 0.194 e. The lowest BCUT2D eigenvalue weighted by Gasteiger charge is -2.37. The van der Waals surface area contributed by atoms with Crippen LogP contribution in [-0.4, -0.2) is 8.80 Å². The zero-order valence-electron chi connectivity index (χ0n) is 19.4. The predicted octanol–water partition coefficient (Wildman–Crippen LogP) is 8.56. The first-order valence-electron chi connectivity index (χ1n) is 12.8. The largest absolute Gasteiger partial charge is 0.204 e. The van der Waals surface area contributed by atoms with Crippen molar-refractivity contribution >= 4 is 8.80 Å². The molecule has 2 aliphatic rings. The summed E-state index contributed by atoms with van der Waals surface area (Å²) >= 11 is 0. The second kappa shape index (κ2) is 11.0. The molecule has 0 atom stereocenters. The van der Waals surface area contributed by atoms with E-state index in [1.807, 2.05) is 24.3 Å². The fraction of sp³-hybridized carbons (Fsp3) is 0.571. The number of hydrogen-bond acceptors (Lipinski definition) is 0.